The minimum atomic E-state index is -0.182. The zero-order valence-electron chi connectivity index (χ0n) is 11.1. The summed E-state index contributed by atoms with van der Waals surface area (Å²) in [6, 6.07) is 11.7. The molecule has 1 heterocycles. The highest BCUT2D eigenvalue weighted by Gasteiger charge is 1.98. The fourth-order valence-electron chi connectivity index (χ4n) is 1.62. The lowest BCUT2D eigenvalue weighted by Gasteiger charge is -2.01. The van der Waals surface area contributed by atoms with E-state index in [0.717, 1.165) is 11.1 Å². The maximum absolute atomic E-state index is 11.7. The summed E-state index contributed by atoms with van der Waals surface area (Å²) in [7, 11) is 0. The molecule has 0 bridgehead atoms. The number of anilines is 1. The van der Waals surface area contributed by atoms with Gasteiger partial charge in [0.15, 0.2) is 0 Å². The molecule has 0 aliphatic carbocycles. The predicted molar refractivity (Wildman–Crippen MR) is 77.8 cm³/mol. The number of carbonyl (C=O) groups is 1. The Kier molecular flexibility index (Phi) is 4.08. The third kappa shape index (κ3) is 4.07. The molecule has 0 aliphatic heterocycles. The lowest BCUT2D eigenvalue weighted by molar-refractivity contribution is -0.111. The van der Waals surface area contributed by atoms with Crippen LogP contribution in [0.25, 0.3) is 6.08 Å². The Balaban J connectivity index is 1.99. The fourth-order valence-corrected chi connectivity index (χ4v) is 1.62. The molecule has 3 nitrogen and oxygen atoms in total. The van der Waals surface area contributed by atoms with Gasteiger partial charge < -0.3 is 5.32 Å². The van der Waals surface area contributed by atoms with Gasteiger partial charge in [0.25, 0.3) is 0 Å². The summed E-state index contributed by atoms with van der Waals surface area (Å²) in [5.41, 5.74) is 3.26. The average Bonchev–Trinajstić information content (AvgIpc) is 2.38. The summed E-state index contributed by atoms with van der Waals surface area (Å²) in [4.78, 5) is 15.8. The first kappa shape index (κ1) is 13.0. The van der Waals surface area contributed by atoms with Crippen LogP contribution in [0.2, 0.25) is 0 Å². The standard InChI is InChI=1S/C16H16N2O/c1-12-3-5-14(6-4-12)7-8-16(19)18-15-11-13(2)9-10-17-15/h3-11H,1-2H3,(H,17,18,19)/b8-7+. The van der Waals surface area contributed by atoms with Crippen molar-refractivity contribution >= 4 is 17.8 Å². The number of aryl methyl sites for hydroxylation is 2. The quantitative estimate of drug-likeness (QED) is 0.851. The molecule has 0 saturated carbocycles. The van der Waals surface area contributed by atoms with Crippen LogP contribution in [0.5, 0.6) is 0 Å². The lowest BCUT2D eigenvalue weighted by atomic mass is 10.1. The third-order valence-electron chi connectivity index (χ3n) is 2.67. The summed E-state index contributed by atoms with van der Waals surface area (Å²) in [5.74, 6) is 0.386. The first-order valence-electron chi connectivity index (χ1n) is 6.12. The van der Waals surface area contributed by atoms with Crippen LogP contribution in [0.15, 0.2) is 48.7 Å². The van der Waals surface area contributed by atoms with Crippen LogP contribution in [0.3, 0.4) is 0 Å². The molecule has 0 saturated heterocycles. The molecule has 0 atom stereocenters. The van der Waals surface area contributed by atoms with E-state index >= 15 is 0 Å². The Bertz CT molecular complexity index is 600. The summed E-state index contributed by atoms with van der Waals surface area (Å²) in [5, 5.41) is 2.73. The smallest absolute Gasteiger partial charge is 0.249 e. The van der Waals surface area contributed by atoms with Crippen molar-refractivity contribution < 1.29 is 4.79 Å². The molecule has 0 radical (unpaired) electrons. The molecule has 0 aliphatic rings. The second-order valence-electron chi connectivity index (χ2n) is 4.45. The van der Waals surface area contributed by atoms with Gasteiger partial charge in [-0.05, 0) is 43.2 Å². The molecule has 2 aromatic rings. The van der Waals surface area contributed by atoms with E-state index in [1.165, 1.54) is 11.6 Å². The van der Waals surface area contributed by atoms with E-state index in [0.29, 0.717) is 5.82 Å². The number of rotatable bonds is 3. The van der Waals surface area contributed by atoms with Crippen molar-refractivity contribution in [2.24, 2.45) is 0 Å². The summed E-state index contributed by atoms with van der Waals surface area (Å²) in [6.07, 6.45) is 4.97. The van der Waals surface area contributed by atoms with Crippen LogP contribution < -0.4 is 5.32 Å². The van der Waals surface area contributed by atoms with E-state index in [2.05, 4.69) is 10.3 Å². The van der Waals surface area contributed by atoms with Gasteiger partial charge in [0, 0.05) is 12.3 Å². The number of hydrogen-bond donors (Lipinski definition) is 1. The molecule has 0 fully saturated rings. The van der Waals surface area contributed by atoms with Crippen LogP contribution in [0, 0.1) is 13.8 Å². The predicted octanol–water partition coefficient (Wildman–Crippen LogP) is 3.35. The molecule has 1 aromatic heterocycles. The van der Waals surface area contributed by atoms with Crippen molar-refractivity contribution in [1.29, 1.82) is 0 Å². The van der Waals surface area contributed by atoms with Crippen LogP contribution >= 0.6 is 0 Å². The highest BCUT2D eigenvalue weighted by molar-refractivity contribution is 6.01. The monoisotopic (exact) mass is 252 g/mol. The molecule has 1 N–H and O–H groups in total. The second kappa shape index (κ2) is 5.96. The maximum Gasteiger partial charge on any atom is 0.249 e. The van der Waals surface area contributed by atoms with E-state index in [9.17, 15) is 4.79 Å². The van der Waals surface area contributed by atoms with Gasteiger partial charge in [-0.3, -0.25) is 4.79 Å². The number of pyridine rings is 1. The highest BCUT2D eigenvalue weighted by Crippen LogP contribution is 2.07. The van der Waals surface area contributed by atoms with Gasteiger partial charge in [-0.15, -0.1) is 0 Å². The van der Waals surface area contributed by atoms with Crippen molar-refractivity contribution in [2.45, 2.75) is 13.8 Å². The number of hydrogen-bond acceptors (Lipinski definition) is 2. The van der Waals surface area contributed by atoms with Crippen molar-refractivity contribution in [3.63, 3.8) is 0 Å². The number of carbonyl (C=O) groups excluding carboxylic acids is 1. The number of aromatic nitrogens is 1. The first-order valence-corrected chi connectivity index (χ1v) is 6.12. The minimum Gasteiger partial charge on any atom is -0.307 e. The molecule has 3 heteroatoms. The van der Waals surface area contributed by atoms with E-state index in [-0.39, 0.29) is 5.91 Å². The molecule has 1 amide bonds. The zero-order chi connectivity index (χ0) is 13.7. The summed E-state index contributed by atoms with van der Waals surface area (Å²) < 4.78 is 0. The first-order chi connectivity index (χ1) is 9.13. The van der Waals surface area contributed by atoms with Gasteiger partial charge in [-0.2, -0.15) is 0 Å². The summed E-state index contributed by atoms with van der Waals surface area (Å²) in [6.45, 7) is 3.99. The Hall–Kier alpha value is -2.42. The molecular formula is C16H16N2O. The van der Waals surface area contributed by atoms with Crippen molar-refractivity contribution in [1.82, 2.24) is 4.98 Å². The van der Waals surface area contributed by atoms with Gasteiger partial charge in [-0.25, -0.2) is 4.98 Å². The molecular weight excluding hydrogens is 236 g/mol. The third-order valence-corrected chi connectivity index (χ3v) is 2.67. The van der Waals surface area contributed by atoms with Gasteiger partial charge in [0.2, 0.25) is 5.91 Å². The number of amides is 1. The van der Waals surface area contributed by atoms with Gasteiger partial charge >= 0.3 is 0 Å². The van der Waals surface area contributed by atoms with Crippen LogP contribution in [-0.2, 0) is 4.79 Å². The van der Waals surface area contributed by atoms with Gasteiger partial charge in [0.1, 0.15) is 5.82 Å². The fraction of sp³-hybridized carbons (Fsp3) is 0.125. The Labute approximate surface area is 113 Å². The Morgan fingerprint density at radius 1 is 1.11 bits per heavy atom. The van der Waals surface area contributed by atoms with E-state index in [1.54, 1.807) is 12.3 Å². The van der Waals surface area contributed by atoms with E-state index in [4.69, 9.17) is 0 Å². The molecule has 0 unspecified atom stereocenters. The van der Waals surface area contributed by atoms with Crippen molar-refractivity contribution in [3.8, 4) is 0 Å². The van der Waals surface area contributed by atoms with Crippen molar-refractivity contribution in [3.05, 3.63) is 65.4 Å². The lowest BCUT2D eigenvalue weighted by Crippen LogP contribution is -2.09. The van der Waals surface area contributed by atoms with Crippen molar-refractivity contribution in [2.75, 3.05) is 5.32 Å². The SMILES string of the molecule is Cc1ccc(/C=C/C(=O)Nc2cc(C)ccn2)cc1. The molecule has 96 valence electrons. The number of nitrogens with one attached hydrogen (secondary N) is 1. The minimum absolute atomic E-state index is 0.182. The topological polar surface area (TPSA) is 42.0 Å². The average molecular weight is 252 g/mol. The maximum atomic E-state index is 11.7. The Morgan fingerprint density at radius 2 is 1.84 bits per heavy atom. The van der Waals surface area contributed by atoms with E-state index < -0.39 is 0 Å². The van der Waals surface area contributed by atoms with Crippen LogP contribution in [-0.4, -0.2) is 10.9 Å². The van der Waals surface area contributed by atoms with Crippen LogP contribution in [0.1, 0.15) is 16.7 Å². The van der Waals surface area contributed by atoms with Crippen LogP contribution in [0.4, 0.5) is 5.82 Å². The number of benzene rings is 1. The largest absolute Gasteiger partial charge is 0.307 e. The highest BCUT2D eigenvalue weighted by atomic mass is 16.1. The molecule has 1 aromatic carbocycles. The molecule has 19 heavy (non-hydrogen) atoms. The summed E-state index contributed by atoms with van der Waals surface area (Å²) >= 11 is 0. The van der Waals surface area contributed by atoms with E-state index in [1.807, 2.05) is 50.2 Å². The van der Waals surface area contributed by atoms with Gasteiger partial charge in [0.05, 0.1) is 0 Å². The molecule has 2 rings (SSSR count). The van der Waals surface area contributed by atoms with Gasteiger partial charge in [-0.1, -0.05) is 29.8 Å². The second-order valence-corrected chi connectivity index (χ2v) is 4.45. The zero-order valence-corrected chi connectivity index (χ0v) is 11.1. The normalized spacial score (nSPS) is 10.6. The molecule has 0 spiro atoms. The number of nitrogens with zero attached hydrogens (tertiary/aromatic N) is 1. The Morgan fingerprint density at radius 3 is 2.53 bits per heavy atom.